The van der Waals surface area contributed by atoms with Crippen molar-refractivity contribution in [2.24, 2.45) is 0 Å². The van der Waals surface area contributed by atoms with Crippen LogP contribution in [0.3, 0.4) is 0 Å². The minimum Gasteiger partial charge on any atom is -0.305 e. The van der Waals surface area contributed by atoms with Gasteiger partial charge in [0.2, 0.25) is 0 Å². The molecule has 36 heteroatoms. The van der Waals surface area contributed by atoms with Gasteiger partial charge in [0.25, 0.3) is 0 Å². The zero-order chi connectivity index (χ0) is 92.3. The second-order valence-electron chi connectivity index (χ2n) is 26.6. The van der Waals surface area contributed by atoms with Gasteiger partial charge >= 0.3 is 0 Å². The molecule has 0 unspecified atom stereocenters. The van der Waals surface area contributed by atoms with E-state index in [1.54, 1.807) is 123 Å². The molecule has 0 spiro atoms. The minimum absolute atomic E-state index is 0. The molecule has 0 aliphatic rings. The summed E-state index contributed by atoms with van der Waals surface area (Å²) in [4.78, 5) is 35.2. The number of hydrogen-bond donors (Lipinski definition) is 0. The van der Waals surface area contributed by atoms with E-state index in [2.05, 4.69) is 81.1 Å². The summed E-state index contributed by atoms with van der Waals surface area (Å²) in [5, 5.41) is 0. The van der Waals surface area contributed by atoms with Gasteiger partial charge in [-0.05, 0) is 146 Å². The Hall–Kier alpha value is -10.5. The van der Waals surface area contributed by atoms with Crippen LogP contribution in [-0.4, -0.2) is 39.9 Å². The van der Waals surface area contributed by atoms with E-state index in [0.717, 1.165) is 95.3 Å². The molecule has 8 aromatic heterocycles. The number of pyridine rings is 8. The molecule has 17 aromatic rings. The number of aromatic nitrogens is 8. The van der Waals surface area contributed by atoms with Gasteiger partial charge in [0.05, 0.1) is 29.8 Å². The van der Waals surface area contributed by atoms with E-state index in [1.807, 2.05) is 45.0 Å². The molecule has 0 aliphatic carbocycles. The molecule has 0 saturated heterocycles. The Morgan fingerprint density at radius 3 is 0.956 bits per heavy atom. The maximum absolute atomic E-state index is 14.8. The third-order valence-corrected chi connectivity index (χ3v) is 17.1. The molecule has 0 aliphatic heterocycles. The van der Waals surface area contributed by atoms with Gasteiger partial charge < -0.3 is 39.9 Å². The van der Waals surface area contributed by atoms with Crippen molar-refractivity contribution in [2.75, 3.05) is 0 Å². The van der Waals surface area contributed by atoms with Gasteiger partial charge in [-0.25, -0.2) is 22.4 Å². The van der Waals surface area contributed by atoms with E-state index in [1.165, 1.54) is 48.8 Å². The summed E-state index contributed by atoms with van der Waals surface area (Å²) in [6.45, 7) is 16.0. The molecule has 17 rings (SSSR count). The van der Waals surface area contributed by atoms with E-state index in [9.17, 15) is 83.4 Å². The molecule has 0 bridgehead atoms. The summed E-state index contributed by atoms with van der Waals surface area (Å²) in [7, 11) is 0. The molecule has 8 radical (unpaired) electrons. The number of nitrogens with zero attached hydrogens (tertiary/aromatic N) is 9. The predicted molar refractivity (Wildman–Crippen MR) is 443 cm³/mol. The molecule has 0 fully saturated rings. The molecule has 0 amide bonds. The molecule has 136 heavy (non-hydrogen) atoms. The summed E-state index contributed by atoms with van der Waals surface area (Å²) >= 11 is 0. The summed E-state index contributed by atoms with van der Waals surface area (Å²) < 4.78 is 249. The zero-order valence-corrected chi connectivity index (χ0v) is 88.9. The summed E-state index contributed by atoms with van der Waals surface area (Å²) in [6.07, 6.45) is 7.35. The average Bonchev–Trinajstić information content (AvgIpc) is 0.784. The van der Waals surface area contributed by atoms with Crippen molar-refractivity contribution in [3.63, 3.8) is 0 Å². The molecule has 0 atom stereocenters. The largest absolute Gasteiger partial charge is 0.305 e. The molecule has 9 aromatic carbocycles. The normalized spacial score (nSPS) is 9.73. The third-order valence-electron chi connectivity index (χ3n) is 17.1. The Balaban J connectivity index is 0.000000524. The van der Waals surface area contributed by atoms with Crippen LogP contribution in [-0.2, 0) is 161 Å². The first-order valence-corrected chi connectivity index (χ1v) is 37.3. The number of rotatable bonds is 9. The topological polar surface area (TPSA) is 107 Å². The second kappa shape index (κ2) is 59.6. The Kier molecular flexibility index (Phi) is 53.3. The Labute approximate surface area is 877 Å². The zero-order valence-electron chi connectivity index (χ0n) is 69.7. The Bertz CT molecular complexity index is 6570. The van der Waals surface area contributed by atoms with Crippen molar-refractivity contribution in [2.45, 2.75) is 34.6 Å². The van der Waals surface area contributed by atoms with Gasteiger partial charge in [-0.3, -0.25) is 65.9 Å². The SMILES string of the molecule is Cc1cccc(-c2[c-]c(F)c(F)cc2F)n1.Cc1cccc(-c2[c-]c(F)ccc2F)n1.Cc1cccc(-c2[c-]cc(F)cc2F)n1.Cc1ccnc(-c2[c-]cc(F)cc2F)c1.Fc1[c-]c(-c2ccccn2)c(F)cc1F.Fc1c[c-]c(-c2ccccn2)c(F)c1.Fc1ccnc(-c2[c-]cc(F)cc2F)c1.[C-]#[N+]c1ccc(-c2c(F)c[c-]c(-c3cc(C)ccn3)c2F)cc1.[Ir].[Ir].[Ir].[Ir].[Ir].[Ir].[Ir].[Ir]. The first-order chi connectivity index (χ1) is 61.3. The standard InChI is InChI=1S/C19H11F2N2.C12H7F3N.3C12H8F2N.2C11H5F3N.C11H6F2N.8Ir/c1-12-9-10-23-17(11-12)15-7-8-16(20)18(19(15)21)13-3-5-14(22-2)6-4-13;1-7-3-2-4-12(16-7)8-5-10(14)11(15)6-9(8)13;1-8-4-5-15-12(6-8)10-3-2-9(13)7-11(10)14;1-8-3-2-4-12(15-8)10-7-9(13)5-6-11(10)14;1-8-3-2-4-12(15-8)10-6-5-9(13)7-11(10)14;12-7-1-2-9(10(14)5-7)11-6-8(13)3-4-15-11;12-8-6-10(14)9(13)5-7(8)11-3-1-2-4-15-11;12-8-4-5-9(10(13)7-8)11-3-1-2-6-14-11;;;;;;;;/h3-6,8-11H,1H3;2-4,6H,1H3;2,4-7H,1H3;2-6H,1H3;2-5,7H,1H3;1,3-6H;1-4,6H;1-4,6-7H;;;;;;;;/q8*-1;;;;;;;;. The van der Waals surface area contributed by atoms with Crippen molar-refractivity contribution in [3.05, 3.63) is 460 Å². The van der Waals surface area contributed by atoms with Crippen molar-refractivity contribution in [3.8, 4) is 101 Å². The Morgan fingerprint density at radius 2 is 0.581 bits per heavy atom. The quantitative estimate of drug-likeness (QED) is 0.0799. The van der Waals surface area contributed by atoms with Crippen LogP contribution < -0.4 is 0 Å². The van der Waals surface area contributed by atoms with Crippen LogP contribution >= 0.6 is 0 Å². The van der Waals surface area contributed by atoms with E-state index in [0.29, 0.717) is 63.6 Å². The maximum Gasteiger partial charge on any atom is 0.187 e. The molecule has 9 nitrogen and oxygen atoms in total. The molecular formula is C100H58F19Ir8N9-8. The van der Waals surface area contributed by atoms with Crippen LogP contribution in [0.2, 0.25) is 0 Å². The number of hydrogen-bond acceptors (Lipinski definition) is 8. The Morgan fingerprint density at radius 1 is 0.250 bits per heavy atom. The van der Waals surface area contributed by atoms with E-state index < -0.39 is 111 Å². The van der Waals surface area contributed by atoms with Gasteiger partial charge in [-0.2, -0.15) is 0 Å². The fraction of sp³-hybridized carbons (Fsp3) is 0.0500. The summed E-state index contributed by atoms with van der Waals surface area (Å²) in [6, 6.07) is 71.1. The van der Waals surface area contributed by atoms with Crippen LogP contribution in [0, 0.1) is 200 Å². The number of benzene rings is 9. The monoisotopic (exact) mass is 3290 g/mol. The molecular weight excluding hydrogens is 3230 g/mol. The van der Waals surface area contributed by atoms with Gasteiger partial charge in [-0.1, -0.05) is 201 Å². The van der Waals surface area contributed by atoms with Crippen LogP contribution in [0.15, 0.2) is 262 Å². The van der Waals surface area contributed by atoms with Crippen molar-refractivity contribution < 1.29 is 244 Å². The van der Waals surface area contributed by atoms with Gasteiger partial charge in [0.15, 0.2) is 5.69 Å². The minimum atomic E-state index is -1.26. The van der Waals surface area contributed by atoms with E-state index in [-0.39, 0.29) is 228 Å². The summed E-state index contributed by atoms with van der Waals surface area (Å²) in [5.41, 5.74) is 7.84. The first kappa shape index (κ1) is 122. The smallest absolute Gasteiger partial charge is 0.187 e. The number of halogens is 19. The van der Waals surface area contributed by atoms with Gasteiger partial charge in [0.1, 0.15) is 5.82 Å². The van der Waals surface area contributed by atoms with Crippen molar-refractivity contribution in [1.82, 2.24) is 39.9 Å². The first-order valence-electron chi connectivity index (χ1n) is 37.3. The predicted octanol–water partition coefficient (Wildman–Crippen LogP) is 26.8. The second-order valence-corrected chi connectivity index (χ2v) is 26.6. The average molecular weight is 3280 g/mol. The van der Waals surface area contributed by atoms with Crippen LogP contribution in [0.1, 0.15) is 28.2 Å². The van der Waals surface area contributed by atoms with Crippen LogP contribution in [0.25, 0.3) is 106 Å². The van der Waals surface area contributed by atoms with Crippen LogP contribution in [0.4, 0.5) is 89.1 Å². The van der Waals surface area contributed by atoms with Crippen molar-refractivity contribution >= 4 is 5.69 Å². The van der Waals surface area contributed by atoms with Crippen molar-refractivity contribution in [1.29, 1.82) is 0 Å². The molecule has 8 heterocycles. The third kappa shape index (κ3) is 35.8. The van der Waals surface area contributed by atoms with Crippen LogP contribution in [0.5, 0.6) is 0 Å². The van der Waals surface area contributed by atoms with E-state index in [4.69, 9.17) is 6.57 Å². The fourth-order valence-electron chi connectivity index (χ4n) is 11.1. The number of aryl methyl sites for hydroxylation is 5. The fourth-order valence-corrected chi connectivity index (χ4v) is 11.1. The summed E-state index contributed by atoms with van der Waals surface area (Å²) in [5.74, 6) is -15.1. The van der Waals surface area contributed by atoms with E-state index >= 15 is 0 Å². The van der Waals surface area contributed by atoms with Gasteiger partial charge in [0, 0.05) is 290 Å². The van der Waals surface area contributed by atoms with Gasteiger partial charge in [-0.15, -0.1) is 78.9 Å². The molecule has 0 N–H and O–H groups in total. The molecule has 0 saturated carbocycles. The maximum atomic E-state index is 14.8. The molecule has 716 valence electrons.